The number of carbonyl (C=O) groups is 1. The van der Waals surface area contributed by atoms with Gasteiger partial charge in [0.15, 0.2) is 0 Å². The largest absolute Gasteiger partial charge is 0.573 e. The Morgan fingerprint density at radius 3 is 2.33 bits per heavy atom. The molecule has 0 aliphatic rings. The van der Waals surface area contributed by atoms with Gasteiger partial charge < -0.3 is 9.47 Å². The van der Waals surface area contributed by atoms with Crippen LogP contribution in [0, 0.1) is 0 Å². The summed E-state index contributed by atoms with van der Waals surface area (Å²) in [6.45, 7) is 0. The molecule has 0 fully saturated rings. The van der Waals surface area contributed by atoms with Gasteiger partial charge in [-0.2, -0.15) is 0 Å². The number of aromatic nitrogens is 2. The minimum Gasteiger partial charge on any atom is -0.465 e. The van der Waals surface area contributed by atoms with Gasteiger partial charge in [-0.3, -0.25) is 4.40 Å². The molecule has 0 saturated carbocycles. The SMILES string of the molecule is COC(=O)c1cc2ncc(-c3ccc(OC(F)(F)F)cc3)n2cc1-c1ccccc1. The maximum absolute atomic E-state index is 12.4. The van der Waals surface area contributed by atoms with Crippen molar-refractivity contribution in [1.29, 1.82) is 0 Å². The van der Waals surface area contributed by atoms with Crippen LogP contribution in [-0.2, 0) is 4.74 Å². The van der Waals surface area contributed by atoms with Crippen LogP contribution in [0.15, 0.2) is 73.1 Å². The van der Waals surface area contributed by atoms with Crippen molar-refractivity contribution in [2.24, 2.45) is 0 Å². The maximum atomic E-state index is 12.4. The number of benzene rings is 2. The van der Waals surface area contributed by atoms with Crippen LogP contribution in [0.1, 0.15) is 10.4 Å². The molecular weight excluding hydrogens is 397 g/mol. The molecular formula is C22H15F3N2O3. The van der Waals surface area contributed by atoms with Gasteiger partial charge in [0.1, 0.15) is 11.4 Å². The van der Waals surface area contributed by atoms with Gasteiger partial charge in [-0.05, 0) is 35.9 Å². The fourth-order valence-corrected chi connectivity index (χ4v) is 3.19. The van der Waals surface area contributed by atoms with E-state index in [-0.39, 0.29) is 5.75 Å². The average Bonchev–Trinajstić information content (AvgIpc) is 3.15. The van der Waals surface area contributed by atoms with Crippen molar-refractivity contribution in [3.8, 4) is 28.1 Å². The van der Waals surface area contributed by atoms with Gasteiger partial charge in [0.05, 0.1) is 24.6 Å². The van der Waals surface area contributed by atoms with Gasteiger partial charge in [0, 0.05) is 17.3 Å². The molecule has 0 radical (unpaired) electrons. The van der Waals surface area contributed by atoms with E-state index >= 15 is 0 Å². The molecule has 0 aliphatic carbocycles. The van der Waals surface area contributed by atoms with Gasteiger partial charge in [-0.15, -0.1) is 13.2 Å². The Hall–Kier alpha value is -3.81. The summed E-state index contributed by atoms with van der Waals surface area (Å²) < 4.78 is 47.8. The molecule has 152 valence electrons. The first-order chi connectivity index (χ1) is 14.4. The highest BCUT2D eigenvalue weighted by Crippen LogP contribution is 2.30. The molecule has 2 heterocycles. The highest BCUT2D eigenvalue weighted by molar-refractivity contribution is 5.98. The molecule has 0 amide bonds. The first-order valence-electron chi connectivity index (χ1n) is 8.87. The lowest BCUT2D eigenvalue weighted by Gasteiger charge is -2.11. The maximum Gasteiger partial charge on any atom is 0.573 e. The summed E-state index contributed by atoms with van der Waals surface area (Å²) in [5, 5.41) is 0. The zero-order chi connectivity index (χ0) is 21.3. The second kappa shape index (κ2) is 7.55. The van der Waals surface area contributed by atoms with Crippen LogP contribution in [0.4, 0.5) is 13.2 Å². The summed E-state index contributed by atoms with van der Waals surface area (Å²) in [6.07, 6.45) is -1.40. The van der Waals surface area contributed by atoms with Crippen LogP contribution in [0.3, 0.4) is 0 Å². The average molecular weight is 412 g/mol. The predicted molar refractivity (Wildman–Crippen MR) is 104 cm³/mol. The third-order valence-electron chi connectivity index (χ3n) is 4.52. The van der Waals surface area contributed by atoms with Crippen LogP contribution in [-0.4, -0.2) is 28.8 Å². The molecule has 2 aromatic heterocycles. The lowest BCUT2D eigenvalue weighted by atomic mass is 10.0. The number of hydrogen-bond acceptors (Lipinski definition) is 4. The number of imidazole rings is 1. The van der Waals surface area contributed by atoms with Crippen LogP contribution >= 0.6 is 0 Å². The fraction of sp³-hybridized carbons (Fsp3) is 0.0909. The second-order valence-electron chi connectivity index (χ2n) is 6.40. The number of nitrogens with zero attached hydrogens (tertiary/aromatic N) is 2. The van der Waals surface area contributed by atoms with Crippen LogP contribution in [0.25, 0.3) is 28.0 Å². The Morgan fingerprint density at radius 2 is 1.70 bits per heavy atom. The molecule has 4 aromatic rings. The monoisotopic (exact) mass is 412 g/mol. The van der Waals surface area contributed by atoms with E-state index in [1.54, 1.807) is 22.9 Å². The van der Waals surface area contributed by atoms with Crippen molar-refractivity contribution >= 4 is 11.6 Å². The number of fused-ring (bicyclic) bond motifs is 1. The number of carbonyl (C=O) groups excluding carboxylic acids is 1. The minimum absolute atomic E-state index is 0.307. The van der Waals surface area contributed by atoms with E-state index in [9.17, 15) is 18.0 Å². The van der Waals surface area contributed by atoms with Gasteiger partial charge in [0.25, 0.3) is 0 Å². The molecule has 8 heteroatoms. The van der Waals surface area contributed by atoms with Gasteiger partial charge in [-0.25, -0.2) is 9.78 Å². The number of hydrogen-bond donors (Lipinski definition) is 0. The van der Waals surface area contributed by atoms with E-state index in [2.05, 4.69) is 9.72 Å². The number of esters is 1. The summed E-state index contributed by atoms with van der Waals surface area (Å²) >= 11 is 0. The van der Waals surface area contributed by atoms with Crippen LogP contribution < -0.4 is 4.74 Å². The van der Waals surface area contributed by atoms with Gasteiger partial charge >= 0.3 is 12.3 Å². The lowest BCUT2D eigenvalue weighted by molar-refractivity contribution is -0.274. The number of rotatable bonds is 4. The number of alkyl halides is 3. The zero-order valence-electron chi connectivity index (χ0n) is 15.7. The molecule has 0 spiro atoms. The number of halogens is 3. The predicted octanol–water partition coefficient (Wildman–Crippen LogP) is 5.35. The summed E-state index contributed by atoms with van der Waals surface area (Å²) in [7, 11) is 1.31. The van der Waals surface area contributed by atoms with E-state index in [4.69, 9.17) is 4.74 Å². The van der Waals surface area contributed by atoms with Crippen LogP contribution in [0.5, 0.6) is 5.75 Å². The number of pyridine rings is 1. The van der Waals surface area contributed by atoms with Crippen molar-refractivity contribution in [3.05, 3.63) is 78.6 Å². The van der Waals surface area contributed by atoms with E-state index in [0.29, 0.717) is 28.0 Å². The second-order valence-corrected chi connectivity index (χ2v) is 6.40. The number of methoxy groups -OCH3 is 1. The quantitative estimate of drug-likeness (QED) is 0.424. The van der Waals surface area contributed by atoms with Gasteiger partial charge in [0.2, 0.25) is 0 Å². The van der Waals surface area contributed by atoms with E-state index in [1.165, 1.54) is 31.4 Å². The molecule has 0 atom stereocenters. The third kappa shape index (κ3) is 3.84. The Morgan fingerprint density at radius 1 is 1.00 bits per heavy atom. The molecule has 2 aromatic carbocycles. The Bertz CT molecular complexity index is 1200. The molecule has 0 saturated heterocycles. The Kier molecular flexibility index (Phi) is 4.91. The van der Waals surface area contributed by atoms with Crippen molar-refractivity contribution in [2.75, 3.05) is 7.11 Å². The van der Waals surface area contributed by atoms with Crippen molar-refractivity contribution in [1.82, 2.24) is 9.38 Å². The summed E-state index contributed by atoms with van der Waals surface area (Å²) in [4.78, 5) is 16.6. The van der Waals surface area contributed by atoms with Gasteiger partial charge in [-0.1, -0.05) is 30.3 Å². The zero-order valence-corrected chi connectivity index (χ0v) is 15.7. The highest BCUT2D eigenvalue weighted by Gasteiger charge is 2.31. The first-order valence-corrected chi connectivity index (χ1v) is 8.87. The van der Waals surface area contributed by atoms with Crippen molar-refractivity contribution in [3.63, 3.8) is 0 Å². The lowest BCUT2D eigenvalue weighted by Crippen LogP contribution is -2.16. The summed E-state index contributed by atoms with van der Waals surface area (Å²) in [5.41, 5.74) is 3.61. The Balaban J connectivity index is 1.82. The molecule has 0 unspecified atom stereocenters. The topological polar surface area (TPSA) is 52.8 Å². The molecule has 5 nitrogen and oxygen atoms in total. The fourth-order valence-electron chi connectivity index (χ4n) is 3.19. The summed E-state index contributed by atoms with van der Waals surface area (Å²) in [6, 6.07) is 16.4. The van der Waals surface area contributed by atoms with Crippen molar-refractivity contribution < 1.29 is 27.4 Å². The molecule has 0 N–H and O–H groups in total. The normalized spacial score (nSPS) is 11.5. The molecule has 0 aliphatic heterocycles. The Labute approximate surface area is 169 Å². The molecule has 0 bridgehead atoms. The number of ether oxygens (including phenoxy) is 2. The van der Waals surface area contributed by atoms with Crippen LogP contribution in [0.2, 0.25) is 0 Å². The van der Waals surface area contributed by atoms with E-state index in [1.807, 2.05) is 30.3 Å². The molecule has 30 heavy (non-hydrogen) atoms. The summed E-state index contributed by atoms with van der Waals surface area (Å²) in [5.74, 6) is -0.799. The van der Waals surface area contributed by atoms with E-state index in [0.717, 1.165) is 5.56 Å². The standard InChI is InChI=1S/C22H15F3N2O3/c1-29-21(28)17-11-20-26-12-19(15-7-9-16(10-8-15)30-22(23,24)25)27(20)13-18(17)14-5-3-2-4-6-14/h2-13H,1H3. The third-order valence-corrected chi connectivity index (χ3v) is 4.52. The highest BCUT2D eigenvalue weighted by atomic mass is 19.4. The smallest absolute Gasteiger partial charge is 0.465 e. The van der Waals surface area contributed by atoms with E-state index < -0.39 is 12.3 Å². The van der Waals surface area contributed by atoms with Crippen molar-refractivity contribution in [2.45, 2.75) is 6.36 Å². The molecule has 4 rings (SSSR count). The minimum atomic E-state index is -4.75. The first kappa shape index (κ1) is 19.5.